The SMILES string of the molecule is O=C(O)C1(c2ccc(S(=O)(=O)C3CC3)cc2)CC1C1CCCCC1. The summed E-state index contributed by atoms with van der Waals surface area (Å²) in [6, 6.07) is 6.71. The van der Waals surface area contributed by atoms with Crippen LogP contribution in [0.1, 0.15) is 56.9 Å². The molecule has 3 saturated carbocycles. The largest absolute Gasteiger partial charge is 0.481 e. The van der Waals surface area contributed by atoms with Crippen LogP contribution in [0.5, 0.6) is 0 Å². The summed E-state index contributed by atoms with van der Waals surface area (Å²) < 4.78 is 24.6. The molecule has 24 heavy (non-hydrogen) atoms. The normalized spacial score (nSPS) is 30.9. The van der Waals surface area contributed by atoms with E-state index in [9.17, 15) is 18.3 Å². The van der Waals surface area contributed by atoms with Gasteiger partial charge < -0.3 is 5.11 Å². The van der Waals surface area contributed by atoms with Crippen molar-refractivity contribution in [3.05, 3.63) is 29.8 Å². The van der Waals surface area contributed by atoms with Crippen molar-refractivity contribution in [1.82, 2.24) is 0 Å². The lowest BCUT2D eigenvalue weighted by atomic mass is 9.80. The zero-order valence-electron chi connectivity index (χ0n) is 13.8. The summed E-state index contributed by atoms with van der Waals surface area (Å²) in [6.07, 6.45) is 8.12. The van der Waals surface area contributed by atoms with Crippen LogP contribution in [0.25, 0.3) is 0 Å². The zero-order chi connectivity index (χ0) is 16.9. The Bertz CT molecular complexity index is 742. The summed E-state index contributed by atoms with van der Waals surface area (Å²) in [4.78, 5) is 12.4. The van der Waals surface area contributed by atoms with Gasteiger partial charge in [-0.3, -0.25) is 4.79 Å². The Kier molecular flexibility index (Phi) is 3.75. The summed E-state index contributed by atoms with van der Waals surface area (Å²) in [5.74, 6) is -0.0400. The molecule has 3 fully saturated rings. The van der Waals surface area contributed by atoms with Crippen LogP contribution in [0.2, 0.25) is 0 Å². The lowest BCUT2D eigenvalue weighted by Crippen LogP contribution is -2.26. The number of carbonyl (C=O) groups is 1. The smallest absolute Gasteiger partial charge is 0.314 e. The van der Waals surface area contributed by atoms with Gasteiger partial charge in [-0.25, -0.2) is 8.42 Å². The number of carboxylic acids is 1. The summed E-state index contributed by atoms with van der Waals surface area (Å²) in [7, 11) is -3.21. The molecule has 1 aromatic rings. The first kappa shape index (κ1) is 16.1. The molecule has 4 nitrogen and oxygen atoms in total. The Hall–Kier alpha value is -1.36. The molecule has 0 amide bonds. The number of benzene rings is 1. The molecule has 0 aliphatic heterocycles. The molecule has 0 spiro atoms. The minimum Gasteiger partial charge on any atom is -0.481 e. The topological polar surface area (TPSA) is 71.4 Å². The van der Waals surface area contributed by atoms with Crippen LogP contribution in [-0.2, 0) is 20.0 Å². The zero-order valence-corrected chi connectivity index (χ0v) is 14.6. The number of hydrogen-bond donors (Lipinski definition) is 1. The van der Waals surface area contributed by atoms with Crippen molar-refractivity contribution in [3.63, 3.8) is 0 Å². The molecule has 3 aliphatic carbocycles. The number of sulfone groups is 1. The average Bonchev–Trinajstić information content (AvgIpc) is 3.49. The number of rotatable bonds is 5. The fourth-order valence-electron chi connectivity index (χ4n) is 4.61. The Morgan fingerprint density at radius 3 is 2.17 bits per heavy atom. The molecule has 1 N–H and O–H groups in total. The molecule has 0 saturated heterocycles. The van der Waals surface area contributed by atoms with Gasteiger partial charge in [0.2, 0.25) is 0 Å². The van der Waals surface area contributed by atoms with Gasteiger partial charge in [0.15, 0.2) is 9.84 Å². The van der Waals surface area contributed by atoms with Gasteiger partial charge in [-0.1, -0.05) is 44.2 Å². The fourth-order valence-corrected chi connectivity index (χ4v) is 6.26. The first-order chi connectivity index (χ1) is 11.5. The van der Waals surface area contributed by atoms with Crippen molar-refractivity contribution in [3.8, 4) is 0 Å². The second kappa shape index (κ2) is 5.58. The van der Waals surface area contributed by atoms with E-state index in [4.69, 9.17) is 0 Å². The van der Waals surface area contributed by atoms with E-state index < -0.39 is 21.2 Å². The number of carboxylic acid groups (broad SMARTS) is 1. The van der Waals surface area contributed by atoms with Gasteiger partial charge in [0, 0.05) is 0 Å². The number of hydrogen-bond acceptors (Lipinski definition) is 3. The second-order valence-electron chi connectivity index (χ2n) is 7.75. The summed E-state index contributed by atoms with van der Waals surface area (Å²) in [5, 5.41) is 9.64. The van der Waals surface area contributed by atoms with Crippen LogP contribution in [0.15, 0.2) is 29.2 Å². The fraction of sp³-hybridized carbons (Fsp3) is 0.632. The van der Waals surface area contributed by atoms with E-state index in [1.165, 1.54) is 19.3 Å². The Morgan fingerprint density at radius 2 is 1.62 bits per heavy atom. The lowest BCUT2D eigenvalue weighted by molar-refractivity contribution is -0.140. The maximum absolute atomic E-state index is 12.3. The maximum atomic E-state index is 12.3. The monoisotopic (exact) mass is 348 g/mol. The molecular formula is C19H24O4S. The molecule has 0 heterocycles. The van der Waals surface area contributed by atoms with Gasteiger partial charge in [-0.15, -0.1) is 0 Å². The van der Waals surface area contributed by atoms with Crippen molar-refractivity contribution in [1.29, 1.82) is 0 Å². The van der Waals surface area contributed by atoms with Gasteiger partial charge in [-0.2, -0.15) is 0 Å². The minimum absolute atomic E-state index is 0.209. The van der Waals surface area contributed by atoms with Crippen molar-refractivity contribution in [2.75, 3.05) is 0 Å². The highest BCUT2D eigenvalue weighted by molar-refractivity contribution is 7.92. The van der Waals surface area contributed by atoms with E-state index in [-0.39, 0.29) is 11.2 Å². The van der Waals surface area contributed by atoms with E-state index in [1.54, 1.807) is 24.3 Å². The van der Waals surface area contributed by atoms with Gasteiger partial charge in [0.05, 0.1) is 15.6 Å². The van der Waals surface area contributed by atoms with Crippen molar-refractivity contribution >= 4 is 15.8 Å². The van der Waals surface area contributed by atoms with E-state index in [2.05, 4.69) is 0 Å². The first-order valence-electron chi connectivity index (χ1n) is 9.04. The standard InChI is InChI=1S/C19H24O4S/c20-18(21)19(12-17(19)13-4-2-1-3-5-13)14-6-8-15(9-7-14)24(22,23)16-10-11-16/h6-9,13,16-17H,1-5,10-12H2,(H,20,21). The van der Waals surface area contributed by atoms with Gasteiger partial charge in [0.1, 0.15) is 0 Å². The third kappa shape index (κ3) is 2.48. The summed E-state index contributed by atoms with van der Waals surface area (Å²) in [5.41, 5.74) is -0.00974. The Morgan fingerprint density at radius 1 is 1.00 bits per heavy atom. The van der Waals surface area contributed by atoms with E-state index in [1.807, 2.05) is 0 Å². The van der Waals surface area contributed by atoms with Crippen LogP contribution < -0.4 is 0 Å². The summed E-state index contributed by atoms with van der Waals surface area (Å²) in [6.45, 7) is 0. The molecule has 0 radical (unpaired) electrons. The summed E-state index contributed by atoms with van der Waals surface area (Å²) >= 11 is 0. The van der Waals surface area contributed by atoms with E-state index in [0.29, 0.717) is 17.2 Å². The third-order valence-electron chi connectivity index (χ3n) is 6.28. The Balaban J connectivity index is 1.60. The number of aliphatic carboxylic acids is 1. The molecule has 5 heteroatoms. The predicted octanol–water partition coefficient (Wildman–Crippen LogP) is 3.55. The molecule has 2 atom stereocenters. The highest BCUT2D eigenvalue weighted by Gasteiger charge is 2.63. The molecule has 0 aromatic heterocycles. The highest BCUT2D eigenvalue weighted by Crippen LogP contribution is 2.60. The van der Waals surface area contributed by atoms with Crippen molar-refractivity contribution < 1.29 is 18.3 Å². The molecule has 3 aliphatic rings. The predicted molar refractivity (Wildman–Crippen MR) is 90.6 cm³/mol. The van der Waals surface area contributed by atoms with E-state index >= 15 is 0 Å². The first-order valence-corrected chi connectivity index (χ1v) is 10.6. The van der Waals surface area contributed by atoms with Crippen molar-refractivity contribution in [2.24, 2.45) is 11.8 Å². The molecule has 130 valence electrons. The van der Waals surface area contributed by atoms with Crippen LogP contribution in [0.4, 0.5) is 0 Å². The third-order valence-corrected chi connectivity index (χ3v) is 8.55. The Labute approximate surface area is 143 Å². The molecule has 4 rings (SSSR count). The molecule has 1 aromatic carbocycles. The maximum Gasteiger partial charge on any atom is 0.314 e. The van der Waals surface area contributed by atoms with Crippen LogP contribution in [0.3, 0.4) is 0 Å². The highest BCUT2D eigenvalue weighted by atomic mass is 32.2. The molecule has 2 unspecified atom stereocenters. The van der Waals surface area contributed by atoms with Crippen molar-refractivity contribution in [2.45, 2.75) is 66.9 Å². The van der Waals surface area contributed by atoms with Gasteiger partial charge in [-0.05, 0) is 48.8 Å². The molecule has 0 bridgehead atoms. The van der Waals surface area contributed by atoms with Gasteiger partial charge >= 0.3 is 5.97 Å². The minimum atomic E-state index is -3.21. The van der Waals surface area contributed by atoms with Crippen LogP contribution >= 0.6 is 0 Å². The quantitative estimate of drug-likeness (QED) is 0.883. The van der Waals surface area contributed by atoms with Gasteiger partial charge in [0.25, 0.3) is 0 Å². The molecular weight excluding hydrogens is 324 g/mol. The lowest BCUT2D eigenvalue weighted by Gasteiger charge is -2.24. The van der Waals surface area contributed by atoms with Crippen LogP contribution in [-0.4, -0.2) is 24.7 Å². The average molecular weight is 348 g/mol. The second-order valence-corrected chi connectivity index (χ2v) is 9.98. The van der Waals surface area contributed by atoms with Crippen LogP contribution in [0, 0.1) is 11.8 Å². The van der Waals surface area contributed by atoms with E-state index in [0.717, 1.165) is 31.2 Å².